The van der Waals surface area contributed by atoms with Gasteiger partial charge in [-0.25, -0.2) is 58.2 Å². The summed E-state index contributed by atoms with van der Waals surface area (Å²) in [6, 6.07) is 27.4. The molecule has 3 aromatic rings. The molecule has 4 unspecified atom stereocenters. The number of amides is 12. The zero-order valence-electron chi connectivity index (χ0n) is 56.1. The standard InChI is InChI=1S/C13H15NO4.C13H15NO3.C12H13NO3.C11H19NO3.C9H15NO4.C9H15NO3/c1-17-9-12(15)14-11(8-18-13(14)16)7-10-5-3-2-4-6-10;1-3-11(15)14-9(2)12(17-13(14)16)10-7-5-4-6-8-10;1-2-11(14)13-10(8-16-12(13)15)9-6-4-3-5-7-9;1-6-8(13)12-9(7(2)3)11(4,5)15-10(12)14;1-6(2)7-4-14-9(12)10(7)8(11)5-13-3;1-4-8(11)10-7(6(2)3)5-13-9(10)12/h2-6,11H,7-9H2,1H3;4-9,12H,3H2,1-2H3;3-7,10H,2,8H2,1H3;7,9H,6H2,1-5H3;6-7H,4-5H2,1-3H3;6-7H,4-5H2,1-3H3/t;9-,12-;;;7-;/m.1..0./s1. The lowest BCUT2D eigenvalue weighted by atomic mass is 9.89. The van der Waals surface area contributed by atoms with Gasteiger partial charge < -0.3 is 37.9 Å². The molecule has 0 aliphatic carbocycles. The number of cyclic esters (lactones) is 6. The molecule has 0 spiro atoms. The number of ether oxygens (including phenoxy) is 8. The normalized spacial score (nSPS) is 21.7. The molecule has 6 heterocycles. The summed E-state index contributed by atoms with van der Waals surface area (Å²) >= 11 is 0. The van der Waals surface area contributed by atoms with Gasteiger partial charge in [0, 0.05) is 39.9 Å². The maximum absolute atomic E-state index is 11.8. The molecule has 3 aromatic carbocycles. The molecule has 0 bridgehead atoms. The summed E-state index contributed by atoms with van der Waals surface area (Å²) < 4.78 is 39.4. The van der Waals surface area contributed by atoms with Crippen LogP contribution in [-0.2, 0) is 73.1 Å². The van der Waals surface area contributed by atoms with E-state index in [-0.39, 0.29) is 129 Å². The fourth-order valence-electron chi connectivity index (χ4n) is 10.9. The summed E-state index contributed by atoms with van der Waals surface area (Å²) in [5, 5.41) is 0. The molecule has 510 valence electrons. The van der Waals surface area contributed by atoms with Crippen LogP contribution in [0, 0.1) is 17.8 Å². The highest BCUT2D eigenvalue weighted by atomic mass is 16.6. The maximum Gasteiger partial charge on any atom is 0.417 e. The highest BCUT2D eigenvalue weighted by molar-refractivity contribution is 5.97. The van der Waals surface area contributed by atoms with Crippen LogP contribution in [0.15, 0.2) is 91.0 Å². The topological polar surface area (TPSA) is 298 Å². The number of hydrogen-bond donors (Lipinski definition) is 0. The average Bonchev–Trinajstić information content (AvgIpc) is 1.67. The Hall–Kier alpha value is -8.78. The predicted octanol–water partition coefficient (Wildman–Crippen LogP) is 10.1. The molecule has 26 nitrogen and oxygen atoms in total. The van der Waals surface area contributed by atoms with Crippen LogP contribution < -0.4 is 0 Å². The SMILES string of the molecule is CCC(=O)N1C(=O)OC(C)(C)C1C(C)C.CCC(=O)N1C(=O)OCC1C(C)C.CCC(=O)N1C(=O)OCC1c1ccccc1.CCC(=O)N1C(=O)O[C@@H](c2ccccc2)[C@H]1C.COCC(=O)N1C(=O)OCC1Cc1ccccc1.COCC(=O)N1C(=O)OC[C@H]1C(C)C. The summed E-state index contributed by atoms with van der Waals surface area (Å²) in [4.78, 5) is 145. The van der Waals surface area contributed by atoms with Crippen molar-refractivity contribution in [2.45, 2.75) is 170 Å². The number of methoxy groups -OCH3 is 2. The lowest BCUT2D eigenvalue weighted by Crippen LogP contribution is -2.47. The van der Waals surface area contributed by atoms with E-state index in [0.29, 0.717) is 38.7 Å². The van der Waals surface area contributed by atoms with Gasteiger partial charge in [0.1, 0.15) is 57.4 Å². The molecule has 26 heteroatoms. The second-order valence-electron chi connectivity index (χ2n) is 23.7. The van der Waals surface area contributed by atoms with E-state index in [2.05, 4.69) is 0 Å². The number of hydrogen-bond acceptors (Lipinski definition) is 20. The molecular weight excluding hydrogens is 1210 g/mol. The van der Waals surface area contributed by atoms with E-state index in [4.69, 9.17) is 37.9 Å². The molecule has 7 atom stereocenters. The second kappa shape index (κ2) is 36.5. The van der Waals surface area contributed by atoms with Crippen molar-refractivity contribution in [2.75, 3.05) is 53.9 Å². The first-order valence-corrected chi connectivity index (χ1v) is 31.2. The summed E-state index contributed by atoms with van der Waals surface area (Å²) in [7, 11) is 2.84. The van der Waals surface area contributed by atoms with Crippen molar-refractivity contribution < 1.29 is 95.4 Å². The van der Waals surface area contributed by atoms with Gasteiger partial charge in [-0.2, -0.15) is 0 Å². The summed E-state index contributed by atoms with van der Waals surface area (Å²) in [6.07, 6.45) is -1.72. The number of rotatable bonds is 15. The van der Waals surface area contributed by atoms with Crippen molar-refractivity contribution in [3.63, 3.8) is 0 Å². The molecule has 0 aromatic heterocycles. The minimum Gasteiger partial charge on any atom is -0.447 e. The van der Waals surface area contributed by atoms with E-state index >= 15 is 0 Å². The fraction of sp³-hybridized carbons (Fsp3) is 0.552. The van der Waals surface area contributed by atoms with E-state index in [9.17, 15) is 57.5 Å². The maximum atomic E-state index is 11.8. The Morgan fingerprint density at radius 1 is 0.462 bits per heavy atom. The number of benzene rings is 3. The number of nitrogens with zero attached hydrogens (tertiary/aromatic N) is 6. The van der Waals surface area contributed by atoms with Gasteiger partial charge >= 0.3 is 36.6 Å². The first-order chi connectivity index (χ1) is 44.1. The predicted molar refractivity (Wildman–Crippen MR) is 336 cm³/mol. The van der Waals surface area contributed by atoms with Crippen molar-refractivity contribution in [1.29, 1.82) is 0 Å². The number of carbonyl (C=O) groups excluding carboxylic acids is 12. The Balaban J connectivity index is 0.000000239. The third kappa shape index (κ3) is 20.4. The van der Waals surface area contributed by atoms with Crippen LogP contribution in [0.2, 0.25) is 0 Å². The van der Waals surface area contributed by atoms with Crippen LogP contribution >= 0.6 is 0 Å². The third-order valence-corrected chi connectivity index (χ3v) is 15.6. The number of imide groups is 6. The van der Waals surface area contributed by atoms with Gasteiger partial charge in [-0.1, -0.05) is 160 Å². The van der Waals surface area contributed by atoms with Gasteiger partial charge in [0.2, 0.25) is 23.6 Å². The quantitative estimate of drug-likeness (QED) is 0.128. The van der Waals surface area contributed by atoms with Gasteiger partial charge in [0.05, 0.1) is 30.2 Å². The van der Waals surface area contributed by atoms with Crippen molar-refractivity contribution in [2.24, 2.45) is 17.8 Å². The average molecular weight is 1300 g/mol. The van der Waals surface area contributed by atoms with E-state index in [1.54, 1.807) is 27.7 Å². The molecule has 6 aliphatic heterocycles. The van der Waals surface area contributed by atoms with Crippen LogP contribution in [0.5, 0.6) is 0 Å². The van der Waals surface area contributed by atoms with Crippen molar-refractivity contribution >= 4 is 72.0 Å². The Morgan fingerprint density at radius 3 is 1.31 bits per heavy atom. The van der Waals surface area contributed by atoms with Gasteiger partial charge in [0.15, 0.2) is 0 Å². The molecule has 93 heavy (non-hydrogen) atoms. The largest absolute Gasteiger partial charge is 0.447 e. The van der Waals surface area contributed by atoms with E-state index in [0.717, 1.165) is 26.5 Å². The minimum atomic E-state index is -0.587. The van der Waals surface area contributed by atoms with Crippen molar-refractivity contribution in [3.8, 4) is 0 Å². The summed E-state index contributed by atoms with van der Waals surface area (Å²) in [5.74, 6) is -0.761. The smallest absolute Gasteiger partial charge is 0.417 e. The molecule has 6 aliphatic rings. The van der Waals surface area contributed by atoms with Crippen molar-refractivity contribution in [1.82, 2.24) is 29.4 Å². The summed E-state index contributed by atoms with van der Waals surface area (Å²) in [6.45, 7) is 25.2. The molecule has 12 amide bonds. The number of carbonyl (C=O) groups is 12. The van der Waals surface area contributed by atoms with Gasteiger partial charge in [-0.3, -0.25) is 28.8 Å². The van der Waals surface area contributed by atoms with Crippen LogP contribution in [0.25, 0.3) is 0 Å². The summed E-state index contributed by atoms with van der Waals surface area (Å²) in [5.41, 5.74) is 2.32. The highest BCUT2D eigenvalue weighted by Crippen LogP contribution is 2.35. The van der Waals surface area contributed by atoms with Crippen molar-refractivity contribution in [3.05, 3.63) is 108 Å². The zero-order chi connectivity index (χ0) is 69.4. The Morgan fingerprint density at radius 2 is 0.849 bits per heavy atom. The molecule has 0 N–H and O–H groups in total. The van der Waals surface area contributed by atoms with Crippen LogP contribution in [0.3, 0.4) is 0 Å². The molecule has 0 radical (unpaired) electrons. The minimum absolute atomic E-state index is 0.0834. The van der Waals surface area contributed by atoms with Gasteiger partial charge in [-0.15, -0.1) is 0 Å². The van der Waals surface area contributed by atoms with Crippen LogP contribution in [0.1, 0.15) is 145 Å². The Labute approximate surface area is 544 Å². The molecule has 6 fully saturated rings. The molecule has 6 saturated heterocycles. The lowest BCUT2D eigenvalue weighted by molar-refractivity contribution is -0.134. The molecular formula is C67H92N6O20. The first-order valence-electron chi connectivity index (χ1n) is 31.2. The lowest BCUT2D eigenvalue weighted by Gasteiger charge is -2.30. The highest BCUT2D eigenvalue weighted by Gasteiger charge is 2.51. The second-order valence-corrected chi connectivity index (χ2v) is 23.7. The monoisotopic (exact) mass is 1300 g/mol. The Bertz CT molecular complexity index is 3040. The van der Waals surface area contributed by atoms with Crippen LogP contribution in [-0.4, -0.2) is 191 Å². The van der Waals surface area contributed by atoms with Crippen LogP contribution in [0.4, 0.5) is 28.8 Å². The van der Waals surface area contributed by atoms with E-state index in [1.807, 2.05) is 153 Å². The first kappa shape index (κ1) is 76.7. The van der Waals surface area contributed by atoms with Gasteiger partial charge in [-0.05, 0) is 61.6 Å². The van der Waals surface area contributed by atoms with E-state index in [1.165, 1.54) is 33.8 Å². The molecule has 0 saturated carbocycles. The zero-order valence-corrected chi connectivity index (χ0v) is 56.1. The van der Waals surface area contributed by atoms with Gasteiger partial charge in [0.25, 0.3) is 11.8 Å². The fourth-order valence-corrected chi connectivity index (χ4v) is 10.9. The Kier molecular flexibility index (Phi) is 30.1. The third-order valence-electron chi connectivity index (χ3n) is 15.6. The molecule has 9 rings (SSSR count). The van der Waals surface area contributed by atoms with E-state index < -0.39 is 42.2 Å².